The first-order valence-electron chi connectivity index (χ1n) is 8.08. The number of carbonyl (C=O) groups excluding carboxylic acids is 1. The molecule has 0 aliphatic carbocycles. The van der Waals surface area contributed by atoms with Crippen LogP contribution in [0.3, 0.4) is 0 Å². The molecule has 1 N–H and O–H groups in total. The highest BCUT2D eigenvalue weighted by atomic mass is 19.1. The van der Waals surface area contributed by atoms with Gasteiger partial charge in [-0.1, -0.05) is 18.2 Å². The highest BCUT2D eigenvalue weighted by Gasteiger charge is 2.10. The summed E-state index contributed by atoms with van der Waals surface area (Å²) < 4.78 is 29.3. The van der Waals surface area contributed by atoms with Gasteiger partial charge >= 0.3 is 0 Å². The molecule has 0 spiro atoms. The SMILES string of the molecule is COc1cc(OC)c(OC)cc1/C=C/C(=O)NCCc1ccccc1F. The van der Waals surface area contributed by atoms with Crippen LogP contribution in [0.1, 0.15) is 11.1 Å². The van der Waals surface area contributed by atoms with Gasteiger partial charge in [0.2, 0.25) is 5.91 Å². The van der Waals surface area contributed by atoms with Crippen LogP contribution in [0.2, 0.25) is 0 Å². The van der Waals surface area contributed by atoms with Crippen molar-refractivity contribution in [3.8, 4) is 17.2 Å². The lowest BCUT2D eigenvalue weighted by molar-refractivity contribution is -0.116. The van der Waals surface area contributed by atoms with Crippen molar-refractivity contribution in [3.05, 3.63) is 59.4 Å². The zero-order valence-electron chi connectivity index (χ0n) is 15.0. The van der Waals surface area contributed by atoms with Gasteiger partial charge in [-0.25, -0.2) is 4.39 Å². The summed E-state index contributed by atoms with van der Waals surface area (Å²) in [6.07, 6.45) is 3.44. The summed E-state index contributed by atoms with van der Waals surface area (Å²) in [6.45, 7) is 0.340. The summed E-state index contributed by atoms with van der Waals surface area (Å²) in [5.41, 5.74) is 1.24. The molecule has 2 aromatic carbocycles. The number of methoxy groups -OCH3 is 3. The average Bonchev–Trinajstić information content (AvgIpc) is 2.67. The molecular formula is C20H22FNO4. The summed E-state index contributed by atoms with van der Waals surface area (Å²) in [5.74, 6) is 1.08. The van der Waals surface area contributed by atoms with E-state index in [1.54, 1.807) is 36.4 Å². The maximum absolute atomic E-state index is 13.5. The molecule has 0 aliphatic heterocycles. The van der Waals surface area contributed by atoms with Crippen molar-refractivity contribution >= 4 is 12.0 Å². The zero-order valence-corrected chi connectivity index (χ0v) is 15.0. The van der Waals surface area contributed by atoms with E-state index < -0.39 is 0 Å². The fourth-order valence-electron chi connectivity index (χ4n) is 2.43. The minimum atomic E-state index is -0.279. The third kappa shape index (κ3) is 4.99. The summed E-state index contributed by atoms with van der Waals surface area (Å²) >= 11 is 0. The third-order valence-corrected chi connectivity index (χ3v) is 3.80. The molecular weight excluding hydrogens is 337 g/mol. The molecule has 0 fully saturated rings. The van der Waals surface area contributed by atoms with Crippen molar-refractivity contribution in [2.24, 2.45) is 0 Å². The summed E-state index contributed by atoms with van der Waals surface area (Å²) in [7, 11) is 4.61. The van der Waals surface area contributed by atoms with Crippen molar-refractivity contribution in [2.45, 2.75) is 6.42 Å². The lowest BCUT2D eigenvalue weighted by atomic mass is 10.1. The quantitative estimate of drug-likeness (QED) is 0.736. The van der Waals surface area contributed by atoms with Crippen LogP contribution in [0.4, 0.5) is 4.39 Å². The van der Waals surface area contributed by atoms with E-state index in [0.29, 0.717) is 41.3 Å². The Hall–Kier alpha value is -3.02. The Kier molecular flexibility index (Phi) is 7.02. The highest BCUT2D eigenvalue weighted by Crippen LogP contribution is 2.35. The van der Waals surface area contributed by atoms with Gasteiger partial charge in [0.15, 0.2) is 11.5 Å². The molecule has 26 heavy (non-hydrogen) atoms. The lowest BCUT2D eigenvalue weighted by Crippen LogP contribution is -2.23. The fourth-order valence-corrected chi connectivity index (χ4v) is 2.43. The molecule has 2 aromatic rings. The van der Waals surface area contributed by atoms with Crippen molar-refractivity contribution in [2.75, 3.05) is 27.9 Å². The minimum Gasteiger partial charge on any atom is -0.496 e. The largest absolute Gasteiger partial charge is 0.496 e. The average molecular weight is 359 g/mol. The standard InChI is InChI=1S/C20H22FNO4/c1-24-17-13-19(26-3)18(25-2)12-15(17)8-9-20(23)22-11-10-14-6-4-5-7-16(14)21/h4-9,12-13H,10-11H2,1-3H3,(H,22,23)/b9-8+. The maximum Gasteiger partial charge on any atom is 0.244 e. The third-order valence-electron chi connectivity index (χ3n) is 3.80. The van der Waals surface area contributed by atoms with Crippen LogP contribution in [0.5, 0.6) is 17.2 Å². The molecule has 0 radical (unpaired) electrons. The van der Waals surface area contributed by atoms with E-state index in [1.807, 2.05) is 0 Å². The Morgan fingerprint density at radius 3 is 2.35 bits per heavy atom. The fraction of sp³-hybridized carbons (Fsp3) is 0.250. The van der Waals surface area contributed by atoms with Gasteiger partial charge in [-0.2, -0.15) is 0 Å². The van der Waals surface area contributed by atoms with Gasteiger partial charge in [0.05, 0.1) is 21.3 Å². The lowest BCUT2D eigenvalue weighted by Gasteiger charge is -2.12. The molecule has 0 saturated heterocycles. The number of amides is 1. The van der Waals surface area contributed by atoms with Gasteiger partial charge in [0.25, 0.3) is 0 Å². The summed E-state index contributed by atoms with van der Waals surface area (Å²) in [4.78, 5) is 12.0. The van der Waals surface area contributed by atoms with E-state index in [1.165, 1.54) is 33.5 Å². The Morgan fingerprint density at radius 2 is 1.69 bits per heavy atom. The van der Waals surface area contributed by atoms with Crippen molar-refractivity contribution in [1.82, 2.24) is 5.32 Å². The van der Waals surface area contributed by atoms with E-state index in [2.05, 4.69) is 5.32 Å². The molecule has 0 aromatic heterocycles. The number of halogens is 1. The Bertz CT molecular complexity index is 789. The zero-order chi connectivity index (χ0) is 18.9. The molecule has 0 saturated carbocycles. The highest BCUT2D eigenvalue weighted by molar-refractivity contribution is 5.92. The van der Waals surface area contributed by atoms with Gasteiger partial charge in [-0.3, -0.25) is 4.79 Å². The number of hydrogen-bond acceptors (Lipinski definition) is 4. The van der Waals surface area contributed by atoms with Gasteiger partial charge in [-0.05, 0) is 30.2 Å². The van der Waals surface area contributed by atoms with E-state index in [0.717, 1.165) is 0 Å². The van der Waals surface area contributed by atoms with Crippen molar-refractivity contribution in [1.29, 1.82) is 0 Å². The second-order valence-corrected chi connectivity index (χ2v) is 5.41. The Labute approximate surface area is 152 Å². The molecule has 0 unspecified atom stereocenters. The van der Waals surface area contributed by atoms with Crippen LogP contribution >= 0.6 is 0 Å². The molecule has 5 nitrogen and oxygen atoms in total. The van der Waals surface area contributed by atoms with Crippen LogP contribution in [-0.2, 0) is 11.2 Å². The van der Waals surface area contributed by atoms with E-state index in [9.17, 15) is 9.18 Å². The molecule has 0 bridgehead atoms. The maximum atomic E-state index is 13.5. The monoisotopic (exact) mass is 359 g/mol. The van der Waals surface area contributed by atoms with Crippen LogP contribution < -0.4 is 19.5 Å². The van der Waals surface area contributed by atoms with Crippen LogP contribution in [0.15, 0.2) is 42.5 Å². The normalized spacial score (nSPS) is 10.6. The van der Waals surface area contributed by atoms with E-state index in [-0.39, 0.29) is 11.7 Å². The topological polar surface area (TPSA) is 56.8 Å². The van der Waals surface area contributed by atoms with Crippen LogP contribution in [-0.4, -0.2) is 33.8 Å². The first-order valence-corrected chi connectivity index (χ1v) is 8.08. The number of hydrogen-bond donors (Lipinski definition) is 1. The van der Waals surface area contributed by atoms with Crippen molar-refractivity contribution in [3.63, 3.8) is 0 Å². The molecule has 138 valence electrons. The second-order valence-electron chi connectivity index (χ2n) is 5.41. The Balaban J connectivity index is 2.00. The van der Waals surface area contributed by atoms with Gasteiger partial charge in [-0.15, -0.1) is 0 Å². The first-order chi connectivity index (χ1) is 12.6. The Morgan fingerprint density at radius 1 is 1.04 bits per heavy atom. The first kappa shape index (κ1) is 19.3. The van der Waals surface area contributed by atoms with Crippen LogP contribution in [0.25, 0.3) is 6.08 Å². The molecule has 0 atom stereocenters. The van der Waals surface area contributed by atoms with E-state index in [4.69, 9.17) is 14.2 Å². The smallest absolute Gasteiger partial charge is 0.244 e. The van der Waals surface area contributed by atoms with Gasteiger partial charge in [0, 0.05) is 24.3 Å². The van der Waals surface area contributed by atoms with E-state index >= 15 is 0 Å². The summed E-state index contributed by atoms with van der Waals surface area (Å²) in [6, 6.07) is 9.92. The number of carbonyl (C=O) groups is 1. The number of rotatable bonds is 8. The molecule has 2 rings (SSSR count). The number of nitrogens with one attached hydrogen (secondary N) is 1. The molecule has 0 heterocycles. The van der Waals surface area contributed by atoms with Crippen molar-refractivity contribution < 1.29 is 23.4 Å². The summed E-state index contributed by atoms with van der Waals surface area (Å²) in [5, 5.41) is 2.73. The predicted octanol–water partition coefficient (Wildman–Crippen LogP) is 3.22. The molecule has 1 amide bonds. The predicted molar refractivity (Wildman–Crippen MR) is 98.2 cm³/mol. The minimum absolute atomic E-state index is 0.271. The number of ether oxygens (including phenoxy) is 3. The molecule has 0 aliphatic rings. The molecule has 6 heteroatoms. The second kappa shape index (κ2) is 9.46. The van der Waals surface area contributed by atoms with Gasteiger partial charge < -0.3 is 19.5 Å². The van der Waals surface area contributed by atoms with Crippen LogP contribution in [0, 0.1) is 5.82 Å². The van der Waals surface area contributed by atoms with Gasteiger partial charge in [0.1, 0.15) is 11.6 Å². The number of benzene rings is 2.